The summed E-state index contributed by atoms with van der Waals surface area (Å²) in [5.41, 5.74) is -1.67. The number of carboxylic acid groups (broad SMARTS) is 1. The fourth-order valence-electron chi connectivity index (χ4n) is 2.01. The van der Waals surface area contributed by atoms with E-state index in [1.807, 2.05) is 0 Å². The average molecular weight is 241 g/mol. The third-order valence-electron chi connectivity index (χ3n) is 3.02. The first-order chi connectivity index (χ1) is 7.39. The summed E-state index contributed by atoms with van der Waals surface area (Å²) in [5.74, 6) is -3.11. The molecule has 84 valence electrons. The summed E-state index contributed by atoms with van der Waals surface area (Å²) < 4.78 is 0. The number of aliphatic carboxylic acids is 1. The van der Waals surface area contributed by atoms with Crippen molar-refractivity contribution in [2.75, 3.05) is 0 Å². The largest absolute Gasteiger partial charge is 0.479 e. The second-order valence-electron chi connectivity index (χ2n) is 3.85. The van der Waals surface area contributed by atoms with Crippen LogP contribution in [0.1, 0.15) is 28.8 Å². The number of aliphatic hydroxyl groups is 1. The Morgan fingerprint density at radius 1 is 1.50 bits per heavy atom. The molecule has 0 aliphatic heterocycles. The van der Waals surface area contributed by atoms with Crippen LogP contribution in [0.4, 0.5) is 0 Å². The molecule has 0 saturated heterocycles. The first kappa shape index (κ1) is 11.1. The van der Waals surface area contributed by atoms with Crippen molar-refractivity contribution in [3.05, 3.63) is 34.3 Å². The predicted molar refractivity (Wildman–Crippen MR) is 56.8 cm³/mol. The number of fused-ring (bicyclic) bond motifs is 1. The number of hydrogen-bond donors (Lipinski definition) is 2. The highest BCUT2D eigenvalue weighted by Crippen LogP contribution is 2.41. The lowest BCUT2D eigenvalue weighted by atomic mass is 9.89. The molecule has 0 spiro atoms. The quantitative estimate of drug-likeness (QED) is 0.729. The molecule has 2 rings (SSSR count). The Kier molecular flexibility index (Phi) is 2.29. The van der Waals surface area contributed by atoms with Gasteiger partial charge >= 0.3 is 5.97 Å². The molecular formula is C11H9ClO4. The minimum atomic E-state index is -2.37. The number of carboxylic acids is 1. The maximum Gasteiger partial charge on any atom is 0.344 e. The molecule has 0 aromatic heterocycles. The molecule has 2 N–H and O–H groups in total. The van der Waals surface area contributed by atoms with E-state index in [0.29, 0.717) is 10.6 Å². The van der Waals surface area contributed by atoms with E-state index < -0.39 is 23.3 Å². The smallest absolute Gasteiger partial charge is 0.344 e. The molecule has 5 heteroatoms. The van der Waals surface area contributed by atoms with Crippen molar-refractivity contribution in [1.29, 1.82) is 0 Å². The molecular weight excluding hydrogens is 232 g/mol. The fourth-order valence-corrected chi connectivity index (χ4v) is 2.19. The molecule has 0 fully saturated rings. The van der Waals surface area contributed by atoms with Gasteiger partial charge in [-0.1, -0.05) is 18.5 Å². The summed E-state index contributed by atoms with van der Waals surface area (Å²) in [6, 6.07) is 4.45. The highest BCUT2D eigenvalue weighted by atomic mass is 35.5. The van der Waals surface area contributed by atoms with Gasteiger partial charge in [-0.2, -0.15) is 0 Å². The number of halogens is 1. The average Bonchev–Trinajstić information content (AvgIpc) is 2.42. The van der Waals surface area contributed by atoms with Gasteiger partial charge in [0.05, 0.1) is 0 Å². The number of carbonyl (C=O) groups excluding carboxylic acids is 1. The van der Waals surface area contributed by atoms with Crippen molar-refractivity contribution >= 4 is 23.4 Å². The Balaban J connectivity index is 2.65. The molecule has 0 bridgehead atoms. The van der Waals surface area contributed by atoms with E-state index in [-0.39, 0.29) is 5.56 Å². The lowest BCUT2D eigenvalue weighted by Gasteiger charge is -2.20. The van der Waals surface area contributed by atoms with Crippen LogP contribution in [0.5, 0.6) is 0 Å². The number of hydrogen-bond acceptors (Lipinski definition) is 3. The van der Waals surface area contributed by atoms with Gasteiger partial charge in [0, 0.05) is 16.5 Å². The molecule has 0 heterocycles. The second kappa shape index (κ2) is 3.30. The van der Waals surface area contributed by atoms with Crippen molar-refractivity contribution in [3.8, 4) is 0 Å². The molecule has 0 saturated carbocycles. The summed E-state index contributed by atoms with van der Waals surface area (Å²) in [7, 11) is 0. The third kappa shape index (κ3) is 1.20. The zero-order chi connectivity index (χ0) is 12.1. The minimum Gasteiger partial charge on any atom is -0.479 e. The van der Waals surface area contributed by atoms with Gasteiger partial charge in [-0.05, 0) is 23.8 Å². The van der Waals surface area contributed by atoms with Crippen LogP contribution in [-0.2, 0) is 4.79 Å². The molecule has 1 unspecified atom stereocenters. The molecule has 1 aromatic rings. The molecule has 1 aliphatic carbocycles. The van der Waals surface area contributed by atoms with E-state index in [2.05, 4.69) is 0 Å². The molecule has 1 aromatic carbocycles. The highest BCUT2D eigenvalue weighted by molar-refractivity contribution is 6.31. The number of rotatable bonds is 1. The summed E-state index contributed by atoms with van der Waals surface area (Å²) >= 11 is 5.77. The minimum absolute atomic E-state index is 0.224. The van der Waals surface area contributed by atoms with Gasteiger partial charge in [0.25, 0.3) is 0 Å². The van der Waals surface area contributed by atoms with Crippen LogP contribution in [0.25, 0.3) is 0 Å². The van der Waals surface area contributed by atoms with E-state index in [4.69, 9.17) is 16.7 Å². The Labute approximate surface area is 96.5 Å². The van der Waals surface area contributed by atoms with E-state index in [1.54, 1.807) is 0 Å². The van der Waals surface area contributed by atoms with Gasteiger partial charge in [-0.15, -0.1) is 0 Å². The zero-order valence-electron chi connectivity index (χ0n) is 8.40. The molecule has 1 aliphatic rings. The summed E-state index contributed by atoms with van der Waals surface area (Å²) in [6.07, 6.45) is 0. The molecule has 0 radical (unpaired) electrons. The standard InChI is InChI=1S/C11H9ClO4/c1-5-8-4-6(12)2-3-7(8)9(13)11(5,16)10(14)15/h2-5,16H,1H3,(H,14,15)/t5?,11-/m0/s1. The Hall–Kier alpha value is -1.39. The van der Waals surface area contributed by atoms with Crippen molar-refractivity contribution < 1.29 is 19.8 Å². The Morgan fingerprint density at radius 3 is 2.69 bits per heavy atom. The van der Waals surface area contributed by atoms with Crippen LogP contribution in [0.2, 0.25) is 5.02 Å². The van der Waals surface area contributed by atoms with Gasteiger partial charge in [0.2, 0.25) is 11.4 Å². The van der Waals surface area contributed by atoms with Crippen LogP contribution in [0, 0.1) is 0 Å². The fraction of sp³-hybridized carbons (Fsp3) is 0.273. The zero-order valence-corrected chi connectivity index (χ0v) is 9.15. The first-order valence-electron chi connectivity index (χ1n) is 4.69. The summed E-state index contributed by atoms with van der Waals surface area (Å²) in [6.45, 7) is 1.49. The summed E-state index contributed by atoms with van der Waals surface area (Å²) in [4.78, 5) is 22.8. The van der Waals surface area contributed by atoms with Gasteiger partial charge in [-0.3, -0.25) is 4.79 Å². The molecule has 0 amide bonds. The summed E-state index contributed by atoms with van der Waals surface area (Å²) in [5, 5.41) is 19.3. The Bertz CT molecular complexity index is 497. The van der Waals surface area contributed by atoms with Gasteiger partial charge in [0.15, 0.2) is 0 Å². The highest BCUT2D eigenvalue weighted by Gasteiger charge is 2.55. The Morgan fingerprint density at radius 2 is 2.12 bits per heavy atom. The maximum absolute atomic E-state index is 11.8. The van der Waals surface area contributed by atoms with Crippen molar-refractivity contribution in [2.24, 2.45) is 0 Å². The van der Waals surface area contributed by atoms with E-state index in [9.17, 15) is 14.7 Å². The molecule has 4 nitrogen and oxygen atoms in total. The molecule has 2 atom stereocenters. The van der Waals surface area contributed by atoms with Crippen LogP contribution in [0.3, 0.4) is 0 Å². The normalized spacial score (nSPS) is 27.9. The maximum atomic E-state index is 11.8. The second-order valence-corrected chi connectivity index (χ2v) is 4.29. The monoisotopic (exact) mass is 240 g/mol. The van der Waals surface area contributed by atoms with Crippen molar-refractivity contribution in [1.82, 2.24) is 0 Å². The topological polar surface area (TPSA) is 74.6 Å². The van der Waals surface area contributed by atoms with E-state index in [0.717, 1.165) is 0 Å². The third-order valence-corrected chi connectivity index (χ3v) is 3.26. The van der Waals surface area contributed by atoms with Crippen molar-refractivity contribution in [2.45, 2.75) is 18.4 Å². The molecule has 16 heavy (non-hydrogen) atoms. The van der Waals surface area contributed by atoms with E-state index in [1.165, 1.54) is 25.1 Å². The first-order valence-corrected chi connectivity index (χ1v) is 5.07. The lowest BCUT2D eigenvalue weighted by Crippen LogP contribution is -2.46. The van der Waals surface area contributed by atoms with Crippen molar-refractivity contribution in [3.63, 3.8) is 0 Å². The van der Waals surface area contributed by atoms with Crippen LogP contribution in [-0.4, -0.2) is 27.6 Å². The van der Waals surface area contributed by atoms with Crippen LogP contribution < -0.4 is 0 Å². The van der Waals surface area contributed by atoms with Gasteiger partial charge < -0.3 is 10.2 Å². The number of benzene rings is 1. The SMILES string of the molecule is CC1c2cc(Cl)ccc2C(=O)[C@]1(O)C(=O)O. The van der Waals surface area contributed by atoms with Crippen LogP contribution >= 0.6 is 11.6 Å². The lowest BCUT2D eigenvalue weighted by molar-refractivity contribution is -0.154. The number of Topliss-reactive ketones (excluding diaryl/α,β-unsaturated/α-hetero) is 1. The van der Waals surface area contributed by atoms with E-state index >= 15 is 0 Å². The predicted octanol–water partition coefficient (Wildman–Crippen LogP) is 1.46. The van der Waals surface area contributed by atoms with Crippen LogP contribution in [0.15, 0.2) is 18.2 Å². The van der Waals surface area contributed by atoms with Gasteiger partial charge in [0.1, 0.15) is 0 Å². The number of ketones is 1. The number of carbonyl (C=O) groups is 2. The van der Waals surface area contributed by atoms with Gasteiger partial charge in [-0.25, -0.2) is 4.79 Å².